The lowest BCUT2D eigenvalue weighted by Gasteiger charge is -2.38. The van der Waals surface area contributed by atoms with E-state index in [-0.39, 0.29) is 12.0 Å². The first-order valence-corrected chi connectivity index (χ1v) is 17.0. The van der Waals surface area contributed by atoms with Crippen LogP contribution in [0, 0.1) is 18.3 Å². The average molecular weight is 610 g/mol. The Morgan fingerprint density at radius 3 is 2.71 bits per heavy atom. The number of carboxylic acids is 1. The van der Waals surface area contributed by atoms with Crippen molar-refractivity contribution < 1.29 is 19.4 Å². The van der Waals surface area contributed by atoms with E-state index in [9.17, 15) is 9.90 Å². The number of pyridine rings is 1. The molecule has 1 N–H and O–H groups in total. The van der Waals surface area contributed by atoms with Crippen LogP contribution in [-0.4, -0.2) is 59.8 Å². The lowest BCUT2D eigenvalue weighted by atomic mass is 9.88. The fourth-order valence-corrected chi connectivity index (χ4v) is 8.61. The van der Waals surface area contributed by atoms with Crippen molar-refractivity contribution in [3.05, 3.63) is 76.3 Å². The molecule has 7 heteroatoms. The average Bonchev–Trinajstić information content (AvgIpc) is 3.72. The van der Waals surface area contributed by atoms with Gasteiger partial charge in [-0.05, 0) is 91.0 Å². The highest BCUT2D eigenvalue weighted by Gasteiger charge is 2.71. The van der Waals surface area contributed by atoms with Crippen LogP contribution >= 0.6 is 0 Å². The van der Waals surface area contributed by atoms with E-state index in [2.05, 4.69) is 54.0 Å². The summed E-state index contributed by atoms with van der Waals surface area (Å²) < 4.78 is 12.2. The third-order valence-electron chi connectivity index (χ3n) is 11.2. The Balaban J connectivity index is 1.12. The second-order valence-electron chi connectivity index (χ2n) is 13.7. The molecule has 2 aliphatic heterocycles. The van der Waals surface area contributed by atoms with E-state index >= 15 is 0 Å². The normalized spacial score (nSPS) is 24.7. The number of para-hydroxylation sites is 1. The Kier molecular flexibility index (Phi) is 8.34. The minimum absolute atomic E-state index is 0.137. The van der Waals surface area contributed by atoms with Gasteiger partial charge in [0.1, 0.15) is 18.2 Å². The number of fused-ring (bicyclic) bond motifs is 2. The topological polar surface area (TPSA) is 75.1 Å². The van der Waals surface area contributed by atoms with Crippen LogP contribution in [-0.2, 0) is 35.5 Å². The largest absolute Gasteiger partial charge is 0.488 e. The summed E-state index contributed by atoms with van der Waals surface area (Å²) in [6, 6.07) is 17.5. The Hall–Kier alpha value is -3.42. The molecular weight excluding hydrogens is 562 g/mol. The van der Waals surface area contributed by atoms with Crippen molar-refractivity contribution in [2.24, 2.45) is 11.3 Å². The van der Waals surface area contributed by atoms with E-state index in [1.54, 1.807) is 12.7 Å². The van der Waals surface area contributed by atoms with Gasteiger partial charge in [0.05, 0.1) is 23.8 Å². The summed E-state index contributed by atoms with van der Waals surface area (Å²) in [6.07, 6.45) is 9.73. The molecule has 45 heavy (non-hydrogen) atoms. The summed E-state index contributed by atoms with van der Waals surface area (Å²) in [6.45, 7) is 8.17. The summed E-state index contributed by atoms with van der Waals surface area (Å²) in [5.74, 6) is 1.05. The van der Waals surface area contributed by atoms with Crippen molar-refractivity contribution in [3.8, 4) is 17.0 Å². The maximum atomic E-state index is 12.3. The number of carbonyl (C=O) groups is 1. The molecule has 1 aromatic heterocycles. The number of hydrogen-bond acceptors (Lipinski definition) is 6. The number of carboxylic acid groups (broad SMARTS) is 1. The second-order valence-corrected chi connectivity index (χ2v) is 13.7. The summed E-state index contributed by atoms with van der Waals surface area (Å²) in [4.78, 5) is 22.2. The van der Waals surface area contributed by atoms with E-state index in [0.29, 0.717) is 26.2 Å². The van der Waals surface area contributed by atoms with Gasteiger partial charge in [0.25, 0.3) is 0 Å². The first-order valence-electron chi connectivity index (χ1n) is 17.0. The lowest BCUT2D eigenvalue weighted by Crippen LogP contribution is -2.43. The van der Waals surface area contributed by atoms with Crippen LogP contribution in [0.1, 0.15) is 73.3 Å². The van der Waals surface area contributed by atoms with Gasteiger partial charge in [0.15, 0.2) is 0 Å². The molecule has 2 aromatic carbocycles. The summed E-state index contributed by atoms with van der Waals surface area (Å²) in [7, 11) is 1.64. The summed E-state index contributed by atoms with van der Waals surface area (Å²) in [5, 5.41) is 10.1. The van der Waals surface area contributed by atoms with Gasteiger partial charge in [0, 0.05) is 38.3 Å². The van der Waals surface area contributed by atoms with Gasteiger partial charge in [-0.1, -0.05) is 56.5 Å². The quantitative estimate of drug-likeness (QED) is 0.271. The van der Waals surface area contributed by atoms with Crippen molar-refractivity contribution in [1.82, 2.24) is 9.88 Å². The minimum Gasteiger partial charge on any atom is -0.488 e. The molecule has 1 saturated heterocycles. The second kappa shape index (κ2) is 12.4. The number of anilines is 1. The number of hydrogen-bond donors (Lipinski definition) is 1. The van der Waals surface area contributed by atoms with E-state index in [4.69, 9.17) is 14.5 Å². The maximum Gasteiger partial charge on any atom is 0.312 e. The highest BCUT2D eigenvalue weighted by Crippen LogP contribution is 2.62. The van der Waals surface area contributed by atoms with Gasteiger partial charge < -0.3 is 19.5 Å². The molecule has 7 rings (SSSR count). The molecule has 0 amide bonds. The smallest absolute Gasteiger partial charge is 0.312 e. The number of aryl methyl sites for hydroxylation is 2. The molecule has 4 aliphatic rings. The zero-order valence-electron chi connectivity index (χ0n) is 27.1. The van der Waals surface area contributed by atoms with Crippen LogP contribution in [0.15, 0.2) is 48.5 Å². The number of ether oxygens (including phenoxy) is 2. The number of rotatable bonds is 10. The van der Waals surface area contributed by atoms with E-state index in [1.165, 1.54) is 48.8 Å². The first kappa shape index (κ1) is 30.2. The number of piperidine rings is 1. The molecule has 3 aromatic rings. The SMILES string of the molecule is CCc1cc(COc2c(C)cccc2-c2cccc(N3C[C@@H]4C[C@]4(C(=O)O)[C@H]3COC)n2)cc2c1CN(C1CCCCC1)CC2. The molecule has 238 valence electrons. The molecule has 3 heterocycles. The molecular formula is C38H47N3O4. The Bertz CT molecular complexity index is 1550. The number of nitrogens with zero attached hydrogens (tertiary/aromatic N) is 3. The molecule has 2 saturated carbocycles. The van der Waals surface area contributed by atoms with Crippen molar-refractivity contribution in [2.45, 2.75) is 90.4 Å². The molecule has 0 radical (unpaired) electrons. The number of aliphatic carboxylic acids is 1. The fourth-order valence-electron chi connectivity index (χ4n) is 8.61. The maximum absolute atomic E-state index is 12.3. The highest BCUT2D eigenvalue weighted by molar-refractivity contribution is 5.82. The van der Waals surface area contributed by atoms with Crippen LogP contribution in [0.4, 0.5) is 5.82 Å². The monoisotopic (exact) mass is 609 g/mol. The predicted molar refractivity (Wildman–Crippen MR) is 177 cm³/mol. The summed E-state index contributed by atoms with van der Waals surface area (Å²) in [5.41, 5.74) is 7.85. The Labute approximate surface area is 267 Å². The van der Waals surface area contributed by atoms with Crippen LogP contribution in [0.3, 0.4) is 0 Å². The third-order valence-corrected chi connectivity index (χ3v) is 11.2. The van der Waals surface area contributed by atoms with Gasteiger partial charge in [0.2, 0.25) is 0 Å². The third kappa shape index (κ3) is 5.52. The number of aromatic nitrogens is 1. The van der Waals surface area contributed by atoms with Crippen LogP contribution < -0.4 is 9.64 Å². The van der Waals surface area contributed by atoms with Crippen molar-refractivity contribution in [3.63, 3.8) is 0 Å². The van der Waals surface area contributed by atoms with Gasteiger partial charge >= 0.3 is 5.97 Å². The van der Waals surface area contributed by atoms with Gasteiger partial charge in [-0.2, -0.15) is 0 Å². The van der Waals surface area contributed by atoms with Crippen LogP contribution in [0.2, 0.25) is 0 Å². The predicted octanol–water partition coefficient (Wildman–Crippen LogP) is 6.82. The molecule has 0 unspecified atom stereocenters. The van der Waals surface area contributed by atoms with E-state index in [1.807, 2.05) is 18.2 Å². The zero-order valence-corrected chi connectivity index (χ0v) is 27.1. The fraction of sp³-hybridized carbons (Fsp3) is 0.526. The molecule has 0 bridgehead atoms. The van der Waals surface area contributed by atoms with E-state index < -0.39 is 11.4 Å². The van der Waals surface area contributed by atoms with Crippen molar-refractivity contribution in [1.29, 1.82) is 0 Å². The van der Waals surface area contributed by atoms with E-state index in [0.717, 1.165) is 60.4 Å². The molecule has 3 fully saturated rings. The van der Waals surface area contributed by atoms with Gasteiger partial charge in [-0.15, -0.1) is 0 Å². The molecule has 0 spiro atoms. The lowest BCUT2D eigenvalue weighted by molar-refractivity contribution is -0.144. The van der Waals surface area contributed by atoms with Gasteiger partial charge in [-0.25, -0.2) is 4.98 Å². The molecule has 3 atom stereocenters. The first-order chi connectivity index (χ1) is 21.9. The molecule has 2 aliphatic carbocycles. The standard InChI is InChI=1S/C38H47N3O4/c1-4-27-18-26(19-28-16-17-40(22-32(27)28)30-11-6-5-7-12-30)23-45-36-25(2)10-8-13-31(36)33-14-9-15-35(39-33)41-21-29-20-38(29,37(42)43)34(41)24-44-3/h8-10,13-15,18-19,29-30,34H,4-7,11-12,16-17,20-24H2,1-3H3,(H,42,43)/t29-,34+,38+/m0/s1. The Morgan fingerprint density at radius 1 is 1.11 bits per heavy atom. The zero-order chi connectivity index (χ0) is 31.1. The number of benzene rings is 2. The van der Waals surface area contributed by atoms with Gasteiger partial charge in [-0.3, -0.25) is 9.69 Å². The minimum atomic E-state index is -0.730. The van der Waals surface area contributed by atoms with Crippen LogP contribution in [0.5, 0.6) is 5.75 Å². The summed E-state index contributed by atoms with van der Waals surface area (Å²) >= 11 is 0. The number of methoxy groups -OCH3 is 1. The Morgan fingerprint density at radius 2 is 1.93 bits per heavy atom. The highest BCUT2D eigenvalue weighted by atomic mass is 16.5. The van der Waals surface area contributed by atoms with Crippen molar-refractivity contribution in [2.75, 3.05) is 31.7 Å². The molecule has 7 nitrogen and oxygen atoms in total. The van der Waals surface area contributed by atoms with Crippen LogP contribution in [0.25, 0.3) is 11.3 Å². The van der Waals surface area contributed by atoms with Crippen molar-refractivity contribution >= 4 is 11.8 Å².